The lowest BCUT2D eigenvalue weighted by Gasteiger charge is -2.18. The maximum atomic E-state index is 10.9. The number of esters is 1. The van der Waals surface area contributed by atoms with Gasteiger partial charge in [0.1, 0.15) is 6.10 Å². The fourth-order valence-corrected chi connectivity index (χ4v) is 2.31. The summed E-state index contributed by atoms with van der Waals surface area (Å²) in [5.41, 5.74) is 2.07. The summed E-state index contributed by atoms with van der Waals surface area (Å²) in [5.74, 6) is -0.762. The number of ether oxygens (including phenoxy) is 1. The molecule has 0 aliphatic carbocycles. The van der Waals surface area contributed by atoms with Crippen LogP contribution in [0.15, 0.2) is 24.3 Å². The smallest absolute Gasteiger partial charge is 0.302 e. The lowest BCUT2D eigenvalue weighted by atomic mass is 10.1. The van der Waals surface area contributed by atoms with Crippen molar-refractivity contribution in [2.24, 2.45) is 0 Å². The van der Waals surface area contributed by atoms with Gasteiger partial charge in [-0.05, 0) is 17.7 Å². The molecule has 1 amide bonds. The van der Waals surface area contributed by atoms with Crippen LogP contribution in [0.1, 0.15) is 18.9 Å². The molecule has 1 aromatic carbocycles. The summed E-state index contributed by atoms with van der Waals surface area (Å²) >= 11 is 0. The van der Waals surface area contributed by atoms with Gasteiger partial charge in [0.05, 0.1) is 6.54 Å². The Morgan fingerprint density at radius 2 is 2.10 bits per heavy atom. The molecule has 6 heteroatoms. The van der Waals surface area contributed by atoms with E-state index in [1.54, 1.807) is 0 Å². The number of benzene rings is 1. The van der Waals surface area contributed by atoms with Crippen LogP contribution in [0.25, 0.3) is 0 Å². The molecule has 1 heterocycles. The maximum Gasteiger partial charge on any atom is 0.302 e. The van der Waals surface area contributed by atoms with Crippen LogP contribution in [0.5, 0.6) is 0 Å². The van der Waals surface area contributed by atoms with Crippen LogP contribution in [-0.4, -0.2) is 38.8 Å². The highest BCUT2D eigenvalue weighted by Crippen LogP contribution is 2.22. The number of nitrogens with zero attached hydrogens (tertiary/aromatic N) is 1. The molecule has 0 bridgehead atoms. The molecule has 2 rings (SSSR count). The molecule has 1 fully saturated rings. The molecule has 20 heavy (non-hydrogen) atoms. The molecule has 0 aromatic heterocycles. The van der Waals surface area contributed by atoms with Gasteiger partial charge in [-0.15, -0.1) is 0 Å². The van der Waals surface area contributed by atoms with E-state index in [1.807, 2.05) is 24.3 Å². The molecule has 2 radical (unpaired) electrons. The second-order valence-corrected chi connectivity index (χ2v) is 4.85. The Hall–Kier alpha value is -1.98. The molecule has 1 atom stereocenters. The van der Waals surface area contributed by atoms with E-state index < -0.39 is 5.81 Å². The van der Waals surface area contributed by atoms with E-state index >= 15 is 0 Å². The number of carbonyl (C=O) groups excluding carboxylic acids is 2. The van der Waals surface area contributed by atoms with Crippen LogP contribution in [0, 0.1) is 0 Å². The van der Waals surface area contributed by atoms with E-state index in [2.05, 4.69) is 10.2 Å². The third-order valence-corrected chi connectivity index (χ3v) is 3.25. The van der Waals surface area contributed by atoms with Crippen LogP contribution >= 0.6 is 0 Å². The molecule has 0 saturated carbocycles. The first kappa shape index (κ1) is 14.4. The molecule has 1 aromatic rings. The number of rotatable bonds is 4. The summed E-state index contributed by atoms with van der Waals surface area (Å²) in [7, 11) is 5.03. The molecule has 1 saturated heterocycles. The van der Waals surface area contributed by atoms with Crippen molar-refractivity contribution in [2.75, 3.05) is 18.0 Å². The molecular weight excluding hydrogens is 255 g/mol. The molecule has 5 nitrogen and oxygen atoms in total. The van der Waals surface area contributed by atoms with Crippen molar-refractivity contribution in [3.05, 3.63) is 29.8 Å². The first-order chi connectivity index (χ1) is 9.54. The van der Waals surface area contributed by atoms with Gasteiger partial charge in [0, 0.05) is 32.1 Å². The summed E-state index contributed by atoms with van der Waals surface area (Å²) in [6.07, 6.45) is 0.827. The number of carbonyl (C=O) groups is 2. The van der Waals surface area contributed by atoms with Gasteiger partial charge in [-0.25, -0.2) is 0 Å². The van der Waals surface area contributed by atoms with Crippen molar-refractivity contribution in [1.82, 2.24) is 5.32 Å². The molecule has 104 valence electrons. The summed E-state index contributed by atoms with van der Waals surface area (Å²) in [6, 6.07) is 7.89. The quantitative estimate of drug-likeness (QED) is 0.661. The third kappa shape index (κ3) is 4.01. The van der Waals surface area contributed by atoms with Crippen LogP contribution in [0.3, 0.4) is 0 Å². The summed E-state index contributed by atoms with van der Waals surface area (Å²) in [5, 5.41) is 2.55. The van der Waals surface area contributed by atoms with Crippen molar-refractivity contribution in [1.29, 1.82) is 0 Å². The Kier molecular flexibility index (Phi) is 4.66. The van der Waals surface area contributed by atoms with Gasteiger partial charge in [-0.2, -0.15) is 0 Å². The third-order valence-electron chi connectivity index (χ3n) is 3.25. The standard InChI is InChI=1S/C14H17BN2O3/c1-10(18)20-13-6-7-17(9-13)12-4-2-11(3-5-12)8-16-14(15)19/h2-5,13H,6-9H2,1H3,(H,16,19)/t13-/m1/s1. The lowest BCUT2D eigenvalue weighted by molar-refractivity contribution is -0.145. The highest BCUT2D eigenvalue weighted by molar-refractivity contribution is 6.57. The zero-order valence-electron chi connectivity index (χ0n) is 11.5. The van der Waals surface area contributed by atoms with Gasteiger partial charge in [0.15, 0.2) is 5.81 Å². The Morgan fingerprint density at radius 3 is 2.70 bits per heavy atom. The Balaban J connectivity index is 1.90. The largest absolute Gasteiger partial charge is 0.461 e. The van der Waals surface area contributed by atoms with Crippen LogP contribution in [0.4, 0.5) is 10.5 Å². The molecular formula is C14H17BN2O3. The van der Waals surface area contributed by atoms with Gasteiger partial charge in [-0.3, -0.25) is 9.59 Å². The van der Waals surface area contributed by atoms with Gasteiger partial charge < -0.3 is 15.0 Å². The van der Waals surface area contributed by atoms with E-state index in [9.17, 15) is 9.59 Å². The zero-order valence-corrected chi connectivity index (χ0v) is 11.5. The molecule has 0 unspecified atom stereocenters. The predicted octanol–water partition coefficient (Wildman–Crippen LogP) is 1.21. The first-order valence-electron chi connectivity index (χ1n) is 6.59. The highest BCUT2D eigenvalue weighted by atomic mass is 16.5. The maximum absolute atomic E-state index is 10.9. The summed E-state index contributed by atoms with van der Waals surface area (Å²) in [6.45, 7) is 3.45. The zero-order chi connectivity index (χ0) is 14.5. The number of nitrogens with one attached hydrogen (secondary N) is 1. The van der Waals surface area contributed by atoms with E-state index in [-0.39, 0.29) is 12.1 Å². The minimum absolute atomic E-state index is 0.0243. The average molecular weight is 272 g/mol. The van der Waals surface area contributed by atoms with Crippen LogP contribution in [0.2, 0.25) is 0 Å². The number of amides is 1. The fourth-order valence-electron chi connectivity index (χ4n) is 2.31. The lowest BCUT2D eigenvalue weighted by Crippen LogP contribution is -2.24. The minimum atomic E-state index is -0.530. The summed E-state index contributed by atoms with van der Waals surface area (Å²) < 4.78 is 5.21. The van der Waals surface area contributed by atoms with E-state index in [4.69, 9.17) is 12.6 Å². The Bertz CT molecular complexity index is 490. The van der Waals surface area contributed by atoms with Gasteiger partial charge in [-0.1, -0.05) is 12.1 Å². The summed E-state index contributed by atoms with van der Waals surface area (Å²) in [4.78, 5) is 23.7. The minimum Gasteiger partial charge on any atom is -0.461 e. The predicted molar refractivity (Wildman–Crippen MR) is 76.8 cm³/mol. The van der Waals surface area contributed by atoms with Crippen molar-refractivity contribution >= 4 is 25.3 Å². The number of hydrogen-bond donors (Lipinski definition) is 1. The van der Waals surface area contributed by atoms with Gasteiger partial charge in [0.2, 0.25) is 7.85 Å². The van der Waals surface area contributed by atoms with Gasteiger partial charge >= 0.3 is 5.97 Å². The first-order valence-corrected chi connectivity index (χ1v) is 6.59. The molecule has 1 aliphatic heterocycles. The molecule has 1 N–H and O–H groups in total. The second-order valence-electron chi connectivity index (χ2n) is 4.85. The molecule has 0 spiro atoms. The van der Waals surface area contributed by atoms with Crippen molar-refractivity contribution in [2.45, 2.75) is 26.0 Å². The Labute approximate surface area is 119 Å². The second kappa shape index (κ2) is 6.46. The van der Waals surface area contributed by atoms with Crippen molar-refractivity contribution in [3.63, 3.8) is 0 Å². The SMILES string of the molecule is [B]C(=O)NCc1ccc(N2CC[C@@H](OC(C)=O)C2)cc1. The van der Waals surface area contributed by atoms with E-state index in [1.165, 1.54) is 6.92 Å². The Morgan fingerprint density at radius 1 is 1.40 bits per heavy atom. The average Bonchev–Trinajstić information content (AvgIpc) is 2.84. The molecule has 1 aliphatic rings. The van der Waals surface area contributed by atoms with E-state index in [0.717, 1.165) is 30.8 Å². The monoisotopic (exact) mass is 272 g/mol. The van der Waals surface area contributed by atoms with Crippen LogP contribution < -0.4 is 10.2 Å². The van der Waals surface area contributed by atoms with E-state index in [0.29, 0.717) is 6.54 Å². The van der Waals surface area contributed by atoms with Crippen LogP contribution in [-0.2, 0) is 16.1 Å². The highest BCUT2D eigenvalue weighted by Gasteiger charge is 2.24. The number of anilines is 1. The van der Waals surface area contributed by atoms with Gasteiger partial charge in [0.25, 0.3) is 0 Å². The van der Waals surface area contributed by atoms with Crippen molar-refractivity contribution < 1.29 is 14.3 Å². The topological polar surface area (TPSA) is 58.6 Å². The number of hydrogen-bond acceptors (Lipinski definition) is 4. The normalized spacial score (nSPS) is 17.9. The fraction of sp³-hybridized carbons (Fsp3) is 0.429. The van der Waals surface area contributed by atoms with Crippen molar-refractivity contribution in [3.8, 4) is 0 Å².